The van der Waals surface area contributed by atoms with Crippen LogP contribution < -0.4 is 16.6 Å². The molecule has 26 heavy (non-hydrogen) atoms. The van der Waals surface area contributed by atoms with Crippen molar-refractivity contribution in [2.45, 2.75) is 18.2 Å². The lowest BCUT2D eigenvalue weighted by atomic mass is 9.74. The molecule has 0 bridgehead atoms. The van der Waals surface area contributed by atoms with Crippen LogP contribution in [0.15, 0.2) is 54.1 Å². The van der Waals surface area contributed by atoms with Crippen LogP contribution in [-0.2, 0) is 4.74 Å². The molecule has 2 aliphatic heterocycles. The van der Waals surface area contributed by atoms with Crippen molar-refractivity contribution in [1.29, 1.82) is 5.26 Å². The lowest BCUT2D eigenvalue weighted by molar-refractivity contribution is 0.0334. The van der Waals surface area contributed by atoms with Crippen molar-refractivity contribution in [3.05, 3.63) is 76.1 Å². The highest BCUT2D eigenvalue weighted by atomic mass is 35.5. The largest absolute Gasteiger partial charge is 0.458 e. The fourth-order valence-corrected chi connectivity index (χ4v) is 3.94. The van der Waals surface area contributed by atoms with Crippen LogP contribution in [0, 0.1) is 23.1 Å². The van der Waals surface area contributed by atoms with E-state index in [0.717, 1.165) is 5.69 Å². The van der Waals surface area contributed by atoms with Crippen molar-refractivity contribution < 1.29 is 9.13 Å². The maximum atomic E-state index is 14.7. The van der Waals surface area contributed by atoms with E-state index in [1.807, 2.05) is 18.2 Å². The van der Waals surface area contributed by atoms with Gasteiger partial charge in [0.1, 0.15) is 11.9 Å². The van der Waals surface area contributed by atoms with E-state index >= 15 is 0 Å². The molecule has 4 N–H and O–H groups in total. The fraction of sp³-hybridized carbons (Fsp3) is 0.222. The first kappa shape index (κ1) is 16.8. The Bertz CT molecular complexity index is 893. The van der Waals surface area contributed by atoms with Gasteiger partial charge in [0.2, 0.25) is 5.88 Å². The molecule has 132 valence electrons. The second-order valence-electron chi connectivity index (χ2n) is 6.14. The van der Waals surface area contributed by atoms with Crippen LogP contribution in [-0.4, -0.2) is 11.2 Å². The predicted molar refractivity (Wildman–Crippen MR) is 92.6 cm³/mol. The molecule has 3 heterocycles. The number of hydrogen-bond acceptors (Lipinski definition) is 6. The molecule has 4 rings (SSSR count). The summed E-state index contributed by atoms with van der Waals surface area (Å²) in [5, 5.41) is 9.90. The Balaban J connectivity index is 1.89. The molecule has 1 saturated heterocycles. The molecule has 6 nitrogen and oxygen atoms in total. The standard InChI is InChI=1S/C18H15ClFN5O/c19-10-4-3-5-11(20)14(10)13-9(8-21)17(22)26-18-15(13)16(24-25-18)12-6-1-2-7-23-12/h1-7,13,15-16,18,24-25H,22H2. The first-order valence-electron chi connectivity index (χ1n) is 8.04. The molecule has 4 atom stereocenters. The topological polar surface area (TPSA) is 96.0 Å². The molecular formula is C18H15ClFN5O. The number of nitrogens with two attached hydrogens (primary N) is 1. The first-order valence-corrected chi connectivity index (χ1v) is 8.42. The molecule has 0 radical (unpaired) electrons. The van der Waals surface area contributed by atoms with Crippen LogP contribution in [0.3, 0.4) is 0 Å². The van der Waals surface area contributed by atoms with Gasteiger partial charge in [0, 0.05) is 28.6 Å². The molecule has 1 aromatic carbocycles. The third-order valence-electron chi connectivity index (χ3n) is 4.77. The Morgan fingerprint density at radius 1 is 1.23 bits per heavy atom. The van der Waals surface area contributed by atoms with Crippen molar-refractivity contribution in [2.24, 2.45) is 11.7 Å². The minimum absolute atomic E-state index is 0.0333. The summed E-state index contributed by atoms with van der Waals surface area (Å²) >= 11 is 6.31. The van der Waals surface area contributed by atoms with Crippen molar-refractivity contribution in [1.82, 2.24) is 15.8 Å². The average Bonchev–Trinajstić information content (AvgIpc) is 3.05. The second kappa shape index (κ2) is 6.57. The highest BCUT2D eigenvalue weighted by Crippen LogP contribution is 2.49. The lowest BCUT2D eigenvalue weighted by Crippen LogP contribution is -2.41. The number of nitrogens with one attached hydrogen (secondary N) is 2. The molecule has 1 aromatic heterocycles. The van der Waals surface area contributed by atoms with Crippen LogP contribution >= 0.6 is 11.6 Å². The molecular weight excluding hydrogens is 357 g/mol. The quantitative estimate of drug-likeness (QED) is 0.750. The number of benzene rings is 1. The third-order valence-corrected chi connectivity index (χ3v) is 5.10. The first-order chi connectivity index (χ1) is 12.6. The number of hydrazine groups is 1. The summed E-state index contributed by atoms with van der Waals surface area (Å²) in [7, 11) is 0. The maximum absolute atomic E-state index is 14.7. The minimum Gasteiger partial charge on any atom is -0.458 e. The zero-order chi connectivity index (χ0) is 18.3. The molecule has 4 unspecified atom stereocenters. The highest BCUT2D eigenvalue weighted by molar-refractivity contribution is 6.31. The number of aromatic nitrogens is 1. The Morgan fingerprint density at radius 2 is 2.08 bits per heavy atom. The van der Waals surface area contributed by atoms with Crippen molar-refractivity contribution in [3.63, 3.8) is 0 Å². The Labute approximate surface area is 154 Å². The van der Waals surface area contributed by atoms with Crippen molar-refractivity contribution in [3.8, 4) is 6.07 Å². The Morgan fingerprint density at radius 3 is 2.77 bits per heavy atom. The highest BCUT2D eigenvalue weighted by Gasteiger charge is 2.50. The van der Waals surface area contributed by atoms with Crippen LogP contribution in [0.2, 0.25) is 5.02 Å². The van der Waals surface area contributed by atoms with Crippen LogP contribution in [0.4, 0.5) is 4.39 Å². The van der Waals surface area contributed by atoms with E-state index in [1.54, 1.807) is 12.3 Å². The molecule has 0 saturated carbocycles. The number of fused-ring (bicyclic) bond motifs is 1. The molecule has 2 aromatic rings. The van der Waals surface area contributed by atoms with E-state index < -0.39 is 18.0 Å². The van der Waals surface area contributed by atoms with E-state index in [4.69, 9.17) is 22.1 Å². The van der Waals surface area contributed by atoms with Crippen LogP contribution in [0.1, 0.15) is 23.2 Å². The molecule has 0 spiro atoms. The van der Waals surface area contributed by atoms with Gasteiger partial charge in [-0.2, -0.15) is 5.26 Å². The van der Waals surface area contributed by atoms with E-state index in [1.165, 1.54) is 12.1 Å². The molecule has 2 aliphatic rings. The summed E-state index contributed by atoms with van der Waals surface area (Å²) in [6, 6.07) is 11.7. The Hall–Kier alpha value is -2.66. The van der Waals surface area contributed by atoms with Gasteiger partial charge in [0.05, 0.1) is 17.3 Å². The summed E-state index contributed by atoms with van der Waals surface area (Å²) in [4.78, 5) is 4.38. The summed E-state index contributed by atoms with van der Waals surface area (Å²) in [6.07, 6.45) is 1.12. The second-order valence-corrected chi connectivity index (χ2v) is 6.55. The van der Waals surface area contributed by atoms with Gasteiger partial charge in [-0.1, -0.05) is 23.7 Å². The van der Waals surface area contributed by atoms with Gasteiger partial charge < -0.3 is 10.5 Å². The molecule has 1 fully saturated rings. The summed E-state index contributed by atoms with van der Waals surface area (Å²) in [5.74, 6) is -1.58. The zero-order valence-electron chi connectivity index (χ0n) is 13.5. The van der Waals surface area contributed by atoms with Gasteiger partial charge in [-0.3, -0.25) is 4.98 Å². The minimum atomic E-state index is -0.679. The number of rotatable bonds is 2. The van der Waals surface area contributed by atoms with E-state index in [2.05, 4.69) is 21.9 Å². The van der Waals surface area contributed by atoms with Crippen LogP contribution in [0.5, 0.6) is 0 Å². The van der Waals surface area contributed by atoms with Crippen LogP contribution in [0.25, 0.3) is 0 Å². The lowest BCUT2D eigenvalue weighted by Gasteiger charge is -2.36. The van der Waals surface area contributed by atoms with Gasteiger partial charge in [-0.15, -0.1) is 0 Å². The van der Waals surface area contributed by atoms with Gasteiger partial charge in [0.25, 0.3) is 0 Å². The molecule has 8 heteroatoms. The number of pyridine rings is 1. The molecule has 0 amide bonds. The van der Waals surface area contributed by atoms with E-state index in [-0.39, 0.29) is 34.0 Å². The number of nitrogens with zero attached hydrogens (tertiary/aromatic N) is 2. The van der Waals surface area contributed by atoms with Gasteiger partial charge in [-0.05, 0) is 24.3 Å². The third kappa shape index (κ3) is 2.59. The van der Waals surface area contributed by atoms with Gasteiger partial charge in [0.15, 0.2) is 6.23 Å². The van der Waals surface area contributed by atoms with Gasteiger partial charge in [-0.25, -0.2) is 15.2 Å². The number of hydrogen-bond donors (Lipinski definition) is 3. The van der Waals surface area contributed by atoms with Crippen molar-refractivity contribution >= 4 is 11.6 Å². The fourth-order valence-electron chi connectivity index (χ4n) is 3.66. The molecule has 0 aliphatic carbocycles. The predicted octanol–water partition coefficient (Wildman–Crippen LogP) is 2.47. The zero-order valence-corrected chi connectivity index (χ0v) is 14.2. The maximum Gasteiger partial charge on any atom is 0.200 e. The number of allylic oxidation sites excluding steroid dienone is 1. The normalized spacial score (nSPS) is 27.6. The van der Waals surface area contributed by atoms with Crippen molar-refractivity contribution in [2.75, 3.05) is 0 Å². The van der Waals surface area contributed by atoms with E-state index in [9.17, 15) is 9.65 Å². The summed E-state index contributed by atoms with van der Waals surface area (Å²) in [6.45, 7) is 0. The SMILES string of the molecule is N#CC1=C(N)OC2NNC(c3ccccn3)C2C1c1c(F)cccc1Cl. The average molecular weight is 372 g/mol. The van der Waals surface area contributed by atoms with Gasteiger partial charge >= 0.3 is 0 Å². The number of nitriles is 1. The smallest absolute Gasteiger partial charge is 0.200 e. The monoisotopic (exact) mass is 371 g/mol. The number of ether oxygens (including phenoxy) is 1. The number of halogens is 2. The van der Waals surface area contributed by atoms with E-state index in [0.29, 0.717) is 0 Å². The Kier molecular flexibility index (Phi) is 4.24. The summed E-state index contributed by atoms with van der Waals surface area (Å²) in [5.41, 5.74) is 13.2. The summed E-state index contributed by atoms with van der Waals surface area (Å²) < 4.78 is 20.4.